The fraction of sp³-hybridized carbons (Fsp3) is 0.364. The highest BCUT2D eigenvalue weighted by Gasteiger charge is 2.23. The van der Waals surface area contributed by atoms with Crippen LogP contribution in [0.1, 0.15) is 16.9 Å². The number of aliphatic carboxylic acids is 1. The van der Waals surface area contributed by atoms with Gasteiger partial charge in [-0.15, -0.1) is 0 Å². The summed E-state index contributed by atoms with van der Waals surface area (Å²) in [7, 11) is 0. The summed E-state index contributed by atoms with van der Waals surface area (Å²) in [5.41, 5.74) is -0.156. The largest absolute Gasteiger partial charge is 0.480 e. The number of carboxylic acid groups (broad SMARTS) is 1. The molecule has 1 heterocycles. The maximum atomic E-state index is 12.0. The number of carboxylic acids is 1. The van der Waals surface area contributed by atoms with Gasteiger partial charge in [-0.05, 0) is 18.4 Å². The molecule has 1 amide bonds. The highest BCUT2D eigenvalue weighted by molar-refractivity contribution is 7.98. The topological polar surface area (TPSA) is 79.3 Å². The van der Waals surface area contributed by atoms with Crippen LogP contribution in [0.2, 0.25) is 15.1 Å². The fourth-order valence-corrected chi connectivity index (χ4v) is 2.36. The van der Waals surface area contributed by atoms with Crippen molar-refractivity contribution in [3.63, 3.8) is 0 Å². The molecule has 5 nitrogen and oxygen atoms in total. The quantitative estimate of drug-likeness (QED) is 0.818. The Kier molecular flexibility index (Phi) is 6.88. The average Bonchev–Trinajstić information content (AvgIpc) is 2.40. The first-order valence-corrected chi connectivity index (χ1v) is 7.93. The molecule has 0 spiro atoms. The molecule has 1 aromatic rings. The first kappa shape index (κ1) is 17.4. The second-order valence-corrected chi connectivity index (χ2v) is 5.88. The van der Waals surface area contributed by atoms with E-state index in [4.69, 9.17) is 39.9 Å². The molecule has 0 bridgehead atoms. The number of nitrogens with one attached hydrogen (secondary N) is 1. The predicted octanol–water partition coefficient (Wildman–Crippen LogP) is 2.98. The van der Waals surface area contributed by atoms with Crippen molar-refractivity contribution in [2.45, 2.75) is 12.5 Å². The van der Waals surface area contributed by atoms with Crippen molar-refractivity contribution >= 4 is 58.4 Å². The minimum Gasteiger partial charge on any atom is -0.480 e. The number of hydrogen-bond acceptors (Lipinski definition) is 4. The van der Waals surface area contributed by atoms with Crippen LogP contribution in [-0.4, -0.2) is 40.0 Å². The molecule has 0 aliphatic rings. The molecule has 0 unspecified atom stereocenters. The molecule has 0 aliphatic carbocycles. The van der Waals surface area contributed by atoms with Crippen molar-refractivity contribution < 1.29 is 14.7 Å². The molecule has 110 valence electrons. The summed E-state index contributed by atoms with van der Waals surface area (Å²) >= 11 is 18.9. The van der Waals surface area contributed by atoms with Crippen LogP contribution in [0.15, 0.2) is 6.20 Å². The number of aromatic nitrogens is 1. The summed E-state index contributed by atoms with van der Waals surface area (Å²) in [6, 6.07) is -1.01. The van der Waals surface area contributed by atoms with E-state index in [1.165, 1.54) is 18.0 Å². The second-order valence-electron chi connectivity index (χ2n) is 3.73. The first-order chi connectivity index (χ1) is 9.38. The zero-order valence-electron chi connectivity index (χ0n) is 10.3. The SMILES string of the molecule is CSCC[C@H](NC(=O)c1ncc(Cl)c(Cl)c1Cl)C(=O)O. The lowest BCUT2D eigenvalue weighted by Crippen LogP contribution is -2.41. The molecule has 2 N–H and O–H groups in total. The third-order valence-electron chi connectivity index (χ3n) is 2.35. The molecule has 0 saturated heterocycles. The van der Waals surface area contributed by atoms with Gasteiger partial charge in [0.2, 0.25) is 0 Å². The van der Waals surface area contributed by atoms with Crippen LogP contribution in [0.25, 0.3) is 0 Å². The van der Waals surface area contributed by atoms with E-state index in [0.717, 1.165) is 0 Å². The molecule has 0 fully saturated rings. The summed E-state index contributed by atoms with van der Waals surface area (Å²) in [5, 5.41) is 11.4. The van der Waals surface area contributed by atoms with Gasteiger partial charge in [0.25, 0.3) is 5.91 Å². The van der Waals surface area contributed by atoms with Crippen molar-refractivity contribution in [2.24, 2.45) is 0 Å². The van der Waals surface area contributed by atoms with Gasteiger partial charge in [-0.2, -0.15) is 11.8 Å². The van der Waals surface area contributed by atoms with Gasteiger partial charge < -0.3 is 10.4 Å². The number of nitrogens with zero attached hydrogens (tertiary/aromatic N) is 1. The van der Waals surface area contributed by atoms with Crippen LogP contribution in [0.3, 0.4) is 0 Å². The third-order valence-corrected chi connectivity index (χ3v) is 4.23. The zero-order chi connectivity index (χ0) is 15.3. The van der Waals surface area contributed by atoms with Crippen LogP contribution in [0.4, 0.5) is 0 Å². The van der Waals surface area contributed by atoms with Gasteiger partial charge in [0.15, 0.2) is 0 Å². The van der Waals surface area contributed by atoms with Gasteiger partial charge in [-0.25, -0.2) is 9.78 Å². The van der Waals surface area contributed by atoms with E-state index in [2.05, 4.69) is 10.3 Å². The minimum atomic E-state index is -1.12. The van der Waals surface area contributed by atoms with Crippen LogP contribution < -0.4 is 5.32 Å². The Morgan fingerprint density at radius 1 is 1.40 bits per heavy atom. The lowest BCUT2D eigenvalue weighted by Gasteiger charge is -2.14. The maximum Gasteiger partial charge on any atom is 0.326 e. The van der Waals surface area contributed by atoms with Crippen LogP contribution in [-0.2, 0) is 4.79 Å². The molecular weight excluding hydrogens is 347 g/mol. The summed E-state index contributed by atoms with van der Waals surface area (Å²) < 4.78 is 0. The average molecular weight is 358 g/mol. The van der Waals surface area contributed by atoms with E-state index in [1.807, 2.05) is 6.26 Å². The van der Waals surface area contributed by atoms with Crippen molar-refractivity contribution in [1.82, 2.24) is 10.3 Å². The summed E-state index contributed by atoms with van der Waals surface area (Å²) in [4.78, 5) is 26.8. The number of thioether (sulfide) groups is 1. The fourth-order valence-electron chi connectivity index (χ4n) is 1.32. The normalized spacial score (nSPS) is 12.0. The van der Waals surface area contributed by atoms with Gasteiger partial charge >= 0.3 is 5.97 Å². The molecule has 9 heteroatoms. The van der Waals surface area contributed by atoms with E-state index in [-0.39, 0.29) is 20.8 Å². The molecule has 0 aromatic carbocycles. The Morgan fingerprint density at radius 2 is 2.05 bits per heavy atom. The van der Waals surface area contributed by atoms with Gasteiger partial charge in [-0.1, -0.05) is 34.8 Å². The van der Waals surface area contributed by atoms with Gasteiger partial charge in [-0.3, -0.25) is 4.79 Å². The number of amides is 1. The number of hydrogen-bond donors (Lipinski definition) is 2. The number of halogens is 3. The standard InChI is InChI=1S/C11H11Cl3N2O3S/c1-20-3-2-6(11(18)19)16-10(17)9-8(14)7(13)5(12)4-15-9/h4,6H,2-3H2,1H3,(H,16,17)(H,18,19)/t6-/m0/s1. The molecule has 1 atom stereocenters. The molecule has 0 aliphatic heterocycles. The highest BCUT2D eigenvalue weighted by atomic mass is 35.5. The van der Waals surface area contributed by atoms with E-state index >= 15 is 0 Å². The summed E-state index contributed by atoms with van der Waals surface area (Å²) in [6.07, 6.45) is 3.32. The Morgan fingerprint density at radius 3 is 2.60 bits per heavy atom. The number of pyridine rings is 1. The third kappa shape index (κ3) is 4.41. The molecule has 1 rings (SSSR count). The number of carbonyl (C=O) groups excluding carboxylic acids is 1. The van der Waals surface area contributed by atoms with Crippen molar-refractivity contribution in [2.75, 3.05) is 12.0 Å². The van der Waals surface area contributed by atoms with E-state index in [0.29, 0.717) is 12.2 Å². The van der Waals surface area contributed by atoms with Crippen molar-refractivity contribution in [1.29, 1.82) is 0 Å². The van der Waals surface area contributed by atoms with Crippen LogP contribution in [0, 0.1) is 0 Å². The lowest BCUT2D eigenvalue weighted by molar-refractivity contribution is -0.139. The predicted molar refractivity (Wildman–Crippen MR) is 81.2 cm³/mol. The van der Waals surface area contributed by atoms with Crippen LogP contribution >= 0.6 is 46.6 Å². The molecule has 0 radical (unpaired) electrons. The summed E-state index contributed by atoms with van der Waals surface area (Å²) in [6.45, 7) is 0. The Bertz CT molecular complexity index is 528. The summed E-state index contributed by atoms with van der Waals surface area (Å²) in [5.74, 6) is -1.23. The van der Waals surface area contributed by atoms with Gasteiger partial charge in [0.1, 0.15) is 11.7 Å². The lowest BCUT2D eigenvalue weighted by atomic mass is 10.2. The number of carbonyl (C=O) groups is 2. The second kappa shape index (κ2) is 7.93. The molecule has 20 heavy (non-hydrogen) atoms. The smallest absolute Gasteiger partial charge is 0.326 e. The molecule has 0 saturated carbocycles. The van der Waals surface area contributed by atoms with E-state index in [9.17, 15) is 9.59 Å². The number of rotatable bonds is 6. The van der Waals surface area contributed by atoms with Gasteiger partial charge in [0.05, 0.1) is 15.1 Å². The van der Waals surface area contributed by atoms with E-state index in [1.54, 1.807) is 0 Å². The Balaban J connectivity index is 2.89. The molecule has 1 aromatic heterocycles. The van der Waals surface area contributed by atoms with Crippen molar-refractivity contribution in [3.05, 3.63) is 27.0 Å². The maximum absolute atomic E-state index is 12.0. The Labute approximate surface area is 135 Å². The van der Waals surface area contributed by atoms with Crippen molar-refractivity contribution in [3.8, 4) is 0 Å². The monoisotopic (exact) mass is 356 g/mol. The highest BCUT2D eigenvalue weighted by Crippen LogP contribution is 2.31. The van der Waals surface area contributed by atoms with E-state index < -0.39 is 17.9 Å². The first-order valence-electron chi connectivity index (χ1n) is 5.40. The Hall–Kier alpha value is -0.690. The minimum absolute atomic E-state index is 0.00414. The molecular formula is C11H11Cl3N2O3S. The van der Waals surface area contributed by atoms with Gasteiger partial charge in [0, 0.05) is 6.20 Å². The van der Waals surface area contributed by atoms with Crippen LogP contribution in [0.5, 0.6) is 0 Å². The zero-order valence-corrected chi connectivity index (χ0v) is 13.4.